The Kier molecular flexibility index (Phi) is 6.08. The van der Waals surface area contributed by atoms with Crippen LogP contribution in [0, 0.1) is 5.82 Å². The zero-order chi connectivity index (χ0) is 21.8. The fourth-order valence-corrected chi connectivity index (χ4v) is 3.43. The Morgan fingerprint density at radius 1 is 1.13 bits per heavy atom. The summed E-state index contributed by atoms with van der Waals surface area (Å²) in [6.07, 6.45) is 4.88. The summed E-state index contributed by atoms with van der Waals surface area (Å²) in [6.45, 7) is 0. The number of imidazole rings is 1. The molecule has 0 saturated heterocycles. The minimum atomic E-state index is -0.550. The van der Waals surface area contributed by atoms with E-state index < -0.39 is 6.04 Å². The van der Waals surface area contributed by atoms with E-state index in [2.05, 4.69) is 31.2 Å². The molecule has 0 unspecified atom stereocenters. The van der Waals surface area contributed by atoms with Crippen molar-refractivity contribution in [3.05, 3.63) is 106 Å². The Morgan fingerprint density at radius 2 is 1.94 bits per heavy atom. The number of hydrogen-bond donors (Lipinski definition) is 1. The van der Waals surface area contributed by atoms with Gasteiger partial charge in [0.25, 0.3) is 5.91 Å². The quantitative estimate of drug-likeness (QED) is 0.420. The van der Waals surface area contributed by atoms with E-state index >= 15 is 0 Å². The first kappa shape index (κ1) is 20.7. The highest BCUT2D eigenvalue weighted by molar-refractivity contribution is 9.10. The molecule has 6 nitrogen and oxygen atoms in total. The second-order valence-electron chi connectivity index (χ2n) is 6.80. The predicted molar refractivity (Wildman–Crippen MR) is 117 cm³/mol. The number of carbonyl (C=O) groups is 1. The van der Waals surface area contributed by atoms with Crippen molar-refractivity contribution in [3.63, 3.8) is 0 Å². The van der Waals surface area contributed by atoms with Gasteiger partial charge in [-0.3, -0.25) is 4.79 Å². The lowest BCUT2D eigenvalue weighted by atomic mass is 10.1. The number of ether oxygens (including phenoxy) is 1. The summed E-state index contributed by atoms with van der Waals surface area (Å²) in [5, 5.41) is 2.96. The summed E-state index contributed by atoms with van der Waals surface area (Å²) in [5.74, 6) is 0.944. The normalized spacial score (nSPS) is 11.7. The van der Waals surface area contributed by atoms with Crippen molar-refractivity contribution in [2.24, 2.45) is 7.05 Å². The van der Waals surface area contributed by atoms with Crippen LogP contribution in [-0.2, 0) is 7.05 Å². The molecule has 1 atom stereocenters. The highest BCUT2D eigenvalue weighted by atomic mass is 79.9. The fourth-order valence-electron chi connectivity index (χ4n) is 3.05. The van der Waals surface area contributed by atoms with Crippen LogP contribution in [0.25, 0.3) is 0 Å². The predicted octanol–water partition coefficient (Wildman–Crippen LogP) is 5.03. The lowest BCUT2D eigenvalue weighted by Gasteiger charge is -2.19. The Balaban J connectivity index is 1.53. The number of rotatable bonds is 6. The van der Waals surface area contributed by atoms with Crippen molar-refractivity contribution in [3.8, 4) is 11.6 Å². The number of nitrogens with one attached hydrogen (secondary N) is 1. The second kappa shape index (κ2) is 9.09. The molecular formula is C23H18BrFN4O2. The van der Waals surface area contributed by atoms with Gasteiger partial charge >= 0.3 is 0 Å². The lowest BCUT2D eigenvalue weighted by Crippen LogP contribution is -2.31. The Bertz CT molecular complexity index is 1190. The van der Waals surface area contributed by atoms with E-state index in [0.29, 0.717) is 28.6 Å². The summed E-state index contributed by atoms with van der Waals surface area (Å²) in [6, 6.07) is 16.1. The van der Waals surface area contributed by atoms with Gasteiger partial charge < -0.3 is 14.6 Å². The third-order valence-electron chi connectivity index (χ3n) is 4.61. The van der Waals surface area contributed by atoms with Gasteiger partial charge in [-0.05, 0) is 42.0 Å². The molecule has 1 amide bonds. The van der Waals surface area contributed by atoms with E-state index in [9.17, 15) is 9.18 Å². The second-order valence-corrected chi connectivity index (χ2v) is 7.71. The van der Waals surface area contributed by atoms with Gasteiger partial charge in [0.2, 0.25) is 5.88 Å². The number of halogens is 2. The molecule has 0 aliphatic heterocycles. The van der Waals surface area contributed by atoms with E-state index in [4.69, 9.17) is 4.74 Å². The number of aromatic nitrogens is 3. The van der Waals surface area contributed by atoms with E-state index in [1.807, 2.05) is 35.9 Å². The summed E-state index contributed by atoms with van der Waals surface area (Å²) in [4.78, 5) is 21.5. The van der Waals surface area contributed by atoms with Crippen LogP contribution in [0.15, 0.2) is 83.7 Å². The summed E-state index contributed by atoms with van der Waals surface area (Å²) < 4.78 is 21.8. The first-order valence-electron chi connectivity index (χ1n) is 9.42. The average Bonchev–Trinajstić information content (AvgIpc) is 3.19. The SMILES string of the molecule is Cn1ccnc1[C@@H](NC(=O)c1ccc(Oc2cccc(Br)c2)nc1)c1ccc(F)cc1. The monoisotopic (exact) mass is 480 g/mol. The van der Waals surface area contributed by atoms with Crippen LogP contribution in [0.1, 0.15) is 27.8 Å². The molecule has 2 heterocycles. The van der Waals surface area contributed by atoms with Gasteiger partial charge in [0.1, 0.15) is 23.4 Å². The van der Waals surface area contributed by atoms with Crippen molar-refractivity contribution >= 4 is 21.8 Å². The van der Waals surface area contributed by atoms with Crippen LogP contribution >= 0.6 is 15.9 Å². The summed E-state index contributed by atoms with van der Waals surface area (Å²) >= 11 is 3.39. The lowest BCUT2D eigenvalue weighted by molar-refractivity contribution is 0.0940. The van der Waals surface area contributed by atoms with Crippen molar-refractivity contribution in [2.75, 3.05) is 0 Å². The maximum Gasteiger partial charge on any atom is 0.253 e. The molecule has 0 aliphatic carbocycles. The topological polar surface area (TPSA) is 69.0 Å². The Morgan fingerprint density at radius 3 is 2.58 bits per heavy atom. The minimum absolute atomic E-state index is 0.334. The molecule has 2 aromatic carbocycles. The standard InChI is InChI=1S/C23H18BrFN4O2/c1-29-12-11-26-22(29)21(15-5-8-18(25)9-6-15)28-23(30)16-7-10-20(27-14-16)31-19-4-2-3-17(24)13-19/h2-14,21H,1H3,(H,28,30)/t21-/m0/s1. The largest absolute Gasteiger partial charge is 0.439 e. The third kappa shape index (κ3) is 4.97. The van der Waals surface area contributed by atoms with E-state index in [1.54, 1.807) is 36.7 Å². The van der Waals surface area contributed by atoms with Crippen molar-refractivity contribution in [1.29, 1.82) is 0 Å². The van der Waals surface area contributed by atoms with Crippen molar-refractivity contribution in [1.82, 2.24) is 19.9 Å². The molecule has 0 spiro atoms. The van der Waals surface area contributed by atoms with E-state index in [0.717, 1.165) is 4.47 Å². The van der Waals surface area contributed by atoms with Gasteiger partial charge in [0.05, 0.1) is 5.56 Å². The summed E-state index contributed by atoms with van der Waals surface area (Å²) in [5.41, 5.74) is 1.08. The van der Waals surface area contributed by atoms with Gasteiger partial charge in [-0.2, -0.15) is 0 Å². The zero-order valence-corrected chi connectivity index (χ0v) is 18.1. The van der Waals surface area contributed by atoms with E-state index in [1.165, 1.54) is 18.3 Å². The first-order valence-corrected chi connectivity index (χ1v) is 10.2. The summed E-state index contributed by atoms with van der Waals surface area (Å²) in [7, 11) is 1.83. The molecule has 1 N–H and O–H groups in total. The van der Waals surface area contributed by atoms with E-state index in [-0.39, 0.29) is 11.7 Å². The number of aryl methyl sites for hydroxylation is 1. The molecule has 4 rings (SSSR count). The molecular weight excluding hydrogens is 463 g/mol. The maximum atomic E-state index is 13.4. The van der Waals surface area contributed by atoms with Gasteiger partial charge in [-0.1, -0.05) is 34.1 Å². The third-order valence-corrected chi connectivity index (χ3v) is 5.11. The van der Waals surface area contributed by atoms with Gasteiger partial charge in [0, 0.05) is 36.2 Å². The highest BCUT2D eigenvalue weighted by Gasteiger charge is 2.21. The fraction of sp³-hybridized carbons (Fsp3) is 0.0870. The highest BCUT2D eigenvalue weighted by Crippen LogP contribution is 2.24. The number of amides is 1. The minimum Gasteiger partial charge on any atom is -0.439 e. The first-order chi connectivity index (χ1) is 15.0. The molecule has 4 aromatic rings. The maximum absolute atomic E-state index is 13.4. The molecule has 31 heavy (non-hydrogen) atoms. The Hall–Kier alpha value is -3.52. The number of nitrogens with zero attached hydrogens (tertiary/aromatic N) is 3. The molecule has 0 radical (unpaired) electrons. The molecule has 0 bridgehead atoms. The smallest absolute Gasteiger partial charge is 0.253 e. The average molecular weight is 481 g/mol. The van der Waals surface area contributed by atoms with Crippen LogP contribution in [0.3, 0.4) is 0 Å². The number of carbonyl (C=O) groups excluding carboxylic acids is 1. The number of benzene rings is 2. The van der Waals surface area contributed by atoms with Crippen LogP contribution < -0.4 is 10.1 Å². The van der Waals surface area contributed by atoms with Crippen LogP contribution in [0.4, 0.5) is 4.39 Å². The molecule has 0 saturated carbocycles. The van der Waals surface area contributed by atoms with Gasteiger partial charge in [-0.15, -0.1) is 0 Å². The van der Waals surface area contributed by atoms with Gasteiger partial charge in [-0.25, -0.2) is 14.4 Å². The molecule has 2 aromatic heterocycles. The molecule has 0 aliphatic rings. The van der Waals surface area contributed by atoms with Gasteiger partial charge in [0.15, 0.2) is 0 Å². The van der Waals surface area contributed by atoms with Crippen molar-refractivity contribution < 1.29 is 13.9 Å². The van der Waals surface area contributed by atoms with Crippen LogP contribution in [-0.4, -0.2) is 20.4 Å². The molecule has 0 fully saturated rings. The van der Waals surface area contributed by atoms with Crippen LogP contribution in [0.2, 0.25) is 0 Å². The number of pyridine rings is 1. The van der Waals surface area contributed by atoms with Crippen molar-refractivity contribution in [2.45, 2.75) is 6.04 Å². The molecule has 156 valence electrons. The zero-order valence-electron chi connectivity index (χ0n) is 16.5. The Labute approximate surface area is 186 Å². The number of hydrogen-bond acceptors (Lipinski definition) is 4. The molecule has 8 heteroatoms. The van der Waals surface area contributed by atoms with Crippen LogP contribution in [0.5, 0.6) is 11.6 Å².